The third-order valence-corrected chi connectivity index (χ3v) is 5.17. The van der Waals surface area contributed by atoms with Crippen LogP contribution in [0.2, 0.25) is 0 Å². The van der Waals surface area contributed by atoms with Crippen LogP contribution in [0.1, 0.15) is 11.1 Å². The van der Waals surface area contributed by atoms with Gasteiger partial charge in [0.25, 0.3) is 5.56 Å². The van der Waals surface area contributed by atoms with Gasteiger partial charge in [-0.3, -0.25) is 9.36 Å². The number of hydrogen-bond acceptors (Lipinski definition) is 4. The van der Waals surface area contributed by atoms with Crippen LogP contribution in [0.5, 0.6) is 0 Å². The average Bonchev–Trinajstić information content (AvgIpc) is 2.91. The summed E-state index contributed by atoms with van der Waals surface area (Å²) in [5.74, 6) is 0.823. The maximum absolute atomic E-state index is 12.2. The molecule has 0 aliphatic heterocycles. The van der Waals surface area contributed by atoms with E-state index in [9.17, 15) is 4.79 Å². The van der Waals surface area contributed by atoms with Gasteiger partial charge in [0.2, 0.25) is 0 Å². The Labute approximate surface area is 125 Å². The fraction of sp³-hybridized carbons (Fsp3) is 0.200. The molecule has 0 saturated carbocycles. The molecule has 0 unspecified atom stereocenters. The molecule has 3 aromatic rings. The number of fused-ring (bicyclic) bond motifs is 1. The lowest BCUT2D eigenvalue weighted by Gasteiger charge is -2.08. The van der Waals surface area contributed by atoms with Gasteiger partial charge < -0.3 is 0 Å². The van der Waals surface area contributed by atoms with Crippen molar-refractivity contribution in [1.82, 2.24) is 9.55 Å². The van der Waals surface area contributed by atoms with E-state index in [1.165, 1.54) is 22.5 Å². The Morgan fingerprint density at radius 3 is 2.90 bits per heavy atom. The quantitative estimate of drug-likeness (QED) is 0.548. The topological polar surface area (TPSA) is 34.9 Å². The second-order valence-electron chi connectivity index (χ2n) is 4.61. The minimum Gasteiger partial charge on any atom is -0.290 e. The lowest BCUT2D eigenvalue weighted by Crippen LogP contribution is -2.19. The minimum absolute atomic E-state index is 0.0310. The molecule has 2 heterocycles. The summed E-state index contributed by atoms with van der Waals surface area (Å²) in [5, 5.41) is 3.39. The third-order valence-electron chi connectivity index (χ3n) is 3.28. The Morgan fingerprint density at radius 2 is 2.10 bits per heavy atom. The standard InChI is InChI=1S/C15H14N2OS2/c1-10-5-3-4-6-11(10)9-20-15-16-13-12(7-8-19-13)14(18)17(15)2/h3-8H,9H2,1-2H3. The van der Waals surface area contributed by atoms with E-state index in [2.05, 4.69) is 24.0 Å². The Hall–Kier alpha value is -1.59. The third kappa shape index (κ3) is 2.39. The molecule has 3 rings (SSSR count). The Morgan fingerprint density at radius 1 is 1.30 bits per heavy atom. The van der Waals surface area contributed by atoms with Crippen molar-refractivity contribution in [2.24, 2.45) is 7.05 Å². The van der Waals surface area contributed by atoms with Crippen LogP contribution < -0.4 is 5.56 Å². The van der Waals surface area contributed by atoms with Crippen LogP contribution in [0, 0.1) is 6.92 Å². The molecule has 102 valence electrons. The molecule has 3 nitrogen and oxygen atoms in total. The second kappa shape index (κ2) is 5.42. The summed E-state index contributed by atoms with van der Waals surface area (Å²) >= 11 is 3.12. The molecule has 2 aromatic heterocycles. The minimum atomic E-state index is 0.0310. The summed E-state index contributed by atoms with van der Waals surface area (Å²) in [6.45, 7) is 2.10. The van der Waals surface area contributed by atoms with Crippen molar-refractivity contribution in [3.63, 3.8) is 0 Å². The highest BCUT2D eigenvalue weighted by Crippen LogP contribution is 2.24. The molecule has 5 heteroatoms. The molecule has 0 fully saturated rings. The molecule has 0 aliphatic carbocycles. The van der Waals surface area contributed by atoms with Gasteiger partial charge in [-0.2, -0.15) is 0 Å². The number of aryl methyl sites for hydroxylation is 1. The Kier molecular flexibility index (Phi) is 3.63. The molecule has 0 atom stereocenters. The largest absolute Gasteiger partial charge is 0.290 e. The van der Waals surface area contributed by atoms with Gasteiger partial charge in [0.1, 0.15) is 4.83 Å². The van der Waals surface area contributed by atoms with Gasteiger partial charge >= 0.3 is 0 Å². The summed E-state index contributed by atoms with van der Waals surface area (Å²) in [6, 6.07) is 10.1. The molecular formula is C15H14N2OS2. The summed E-state index contributed by atoms with van der Waals surface area (Å²) in [7, 11) is 1.78. The van der Waals surface area contributed by atoms with Crippen molar-refractivity contribution >= 4 is 33.3 Å². The van der Waals surface area contributed by atoms with Gasteiger partial charge in [-0.25, -0.2) is 4.98 Å². The van der Waals surface area contributed by atoms with Crippen molar-refractivity contribution in [2.75, 3.05) is 0 Å². The van der Waals surface area contributed by atoms with E-state index in [-0.39, 0.29) is 5.56 Å². The average molecular weight is 302 g/mol. The fourth-order valence-corrected chi connectivity index (χ4v) is 3.88. The Bertz CT molecular complexity index is 820. The van der Waals surface area contributed by atoms with Crippen molar-refractivity contribution < 1.29 is 0 Å². The van der Waals surface area contributed by atoms with E-state index < -0.39 is 0 Å². The summed E-state index contributed by atoms with van der Waals surface area (Å²) in [5.41, 5.74) is 2.57. The number of rotatable bonds is 3. The van der Waals surface area contributed by atoms with E-state index in [0.717, 1.165) is 15.7 Å². The predicted octanol–water partition coefficient (Wildman–Crippen LogP) is 3.60. The number of hydrogen-bond donors (Lipinski definition) is 0. The van der Waals surface area contributed by atoms with Crippen molar-refractivity contribution in [1.29, 1.82) is 0 Å². The number of thioether (sulfide) groups is 1. The van der Waals surface area contributed by atoms with Gasteiger partial charge in [-0.05, 0) is 29.5 Å². The van der Waals surface area contributed by atoms with E-state index in [1.54, 1.807) is 23.4 Å². The molecule has 0 radical (unpaired) electrons. The van der Waals surface area contributed by atoms with Crippen LogP contribution in [-0.2, 0) is 12.8 Å². The highest BCUT2D eigenvalue weighted by Gasteiger charge is 2.10. The lowest BCUT2D eigenvalue weighted by atomic mass is 10.1. The highest BCUT2D eigenvalue weighted by atomic mass is 32.2. The zero-order valence-corrected chi connectivity index (χ0v) is 12.9. The smallest absolute Gasteiger partial charge is 0.262 e. The van der Waals surface area contributed by atoms with Crippen LogP contribution in [0.4, 0.5) is 0 Å². The van der Waals surface area contributed by atoms with Crippen LogP contribution in [-0.4, -0.2) is 9.55 Å². The van der Waals surface area contributed by atoms with Crippen LogP contribution in [0.15, 0.2) is 45.7 Å². The lowest BCUT2D eigenvalue weighted by molar-refractivity contribution is 0.728. The number of aromatic nitrogens is 2. The number of benzene rings is 1. The summed E-state index contributed by atoms with van der Waals surface area (Å²) < 4.78 is 1.64. The molecule has 0 saturated heterocycles. The van der Waals surface area contributed by atoms with Gasteiger partial charge in [0, 0.05) is 12.8 Å². The first-order valence-corrected chi connectivity index (χ1v) is 8.15. The molecule has 0 amide bonds. The number of thiophene rings is 1. The maximum atomic E-state index is 12.2. The molecule has 0 aliphatic rings. The van der Waals surface area contributed by atoms with Gasteiger partial charge in [0.05, 0.1) is 5.39 Å². The number of nitrogens with zero attached hydrogens (tertiary/aromatic N) is 2. The van der Waals surface area contributed by atoms with E-state index in [4.69, 9.17) is 0 Å². The van der Waals surface area contributed by atoms with Crippen LogP contribution in [0.25, 0.3) is 10.2 Å². The van der Waals surface area contributed by atoms with Gasteiger partial charge in [0.15, 0.2) is 5.16 Å². The fourth-order valence-electron chi connectivity index (χ4n) is 2.02. The van der Waals surface area contributed by atoms with Crippen molar-refractivity contribution in [2.45, 2.75) is 17.8 Å². The van der Waals surface area contributed by atoms with Crippen molar-refractivity contribution in [3.05, 3.63) is 57.2 Å². The second-order valence-corrected chi connectivity index (χ2v) is 6.45. The first kappa shape index (κ1) is 13.4. The normalized spacial score (nSPS) is 11.1. The summed E-state index contributed by atoms with van der Waals surface area (Å²) in [4.78, 5) is 17.6. The zero-order chi connectivity index (χ0) is 14.1. The first-order chi connectivity index (χ1) is 9.66. The monoisotopic (exact) mass is 302 g/mol. The predicted molar refractivity (Wildman–Crippen MR) is 85.6 cm³/mol. The van der Waals surface area contributed by atoms with E-state index >= 15 is 0 Å². The van der Waals surface area contributed by atoms with Crippen LogP contribution in [0.3, 0.4) is 0 Å². The summed E-state index contributed by atoms with van der Waals surface area (Å²) in [6.07, 6.45) is 0. The zero-order valence-electron chi connectivity index (χ0n) is 11.3. The maximum Gasteiger partial charge on any atom is 0.262 e. The van der Waals surface area contributed by atoms with E-state index in [1.807, 2.05) is 23.6 Å². The van der Waals surface area contributed by atoms with E-state index in [0.29, 0.717) is 5.39 Å². The molecule has 20 heavy (non-hydrogen) atoms. The molecule has 0 spiro atoms. The first-order valence-electron chi connectivity index (χ1n) is 6.28. The Balaban J connectivity index is 1.93. The molecule has 0 bridgehead atoms. The van der Waals surface area contributed by atoms with Crippen LogP contribution >= 0.6 is 23.1 Å². The molecule has 1 aromatic carbocycles. The highest BCUT2D eigenvalue weighted by molar-refractivity contribution is 7.98. The van der Waals surface area contributed by atoms with Gasteiger partial charge in [-0.15, -0.1) is 11.3 Å². The molecular weight excluding hydrogens is 288 g/mol. The van der Waals surface area contributed by atoms with Crippen molar-refractivity contribution in [3.8, 4) is 0 Å². The van der Waals surface area contributed by atoms with Gasteiger partial charge in [-0.1, -0.05) is 36.0 Å². The SMILES string of the molecule is Cc1ccccc1CSc1nc2sccc2c(=O)n1C. The molecule has 0 N–H and O–H groups in total.